The first-order valence-electron chi connectivity index (χ1n) is 9.94. The highest BCUT2D eigenvalue weighted by molar-refractivity contribution is 6.16. The number of carbonyl (C=O) groups excluding carboxylic acids is 2. The number of benzene rings is 2. The second kappa shape index (κ2) is 12.1. The second-order valence-corrected chi connectivity index (χ2v) is 6.75. The van der Waals surface area contributed by atoms with E-state index in [1.807, 2.05) is 6.07 Å². The summed E-state index contributed by atoms with van der Waals surface area (Å²) in [5.41, 5.74) is 8.24. The fraction of sp³-hybridized carbons (Fsp3) is 0.261. The number of aliphatic hydroxyl groups is 1. The average molecular weight is 425 g/mol. The summed E-state index contributed by atoms with van der Waals surface area (Å²) >= 11 is 0. The number of nitrogens with zero attached hydrogens (tertiary/aromatic N) is 1. The highest BCUT2D eigenvalue weighted by Crippen LogP contribution is 2.18. The van der Waals surface area contributed by atoms with Crippen LogP contribution in [-0.4, -0.2) is 49.1 Å². The number of hydrogen-bond acceptors (Lipinski definition) is 6. The smallest absolute Gasteiger partial charge is 0.407 e. The van der Waals surface area contributed by atoms with Gasteiger partial charge in [-0.05, 0) is 37.1 Å². The number of para-hydroxylation sites is 2. The Bertz CT molecular complexity index is 928. The molecule has 0 heterocycles. The highest BCUT2D eigenvalue weighted by Gasteiger charge is 2.16. The van der Waals surface area contributed by atoms with Crippen molar-refractivity contribution in [2.75, 3.05) is 36.9 Å². The second-order valence-electron chi connectivity index (χ2n) is 6.75. The summed E-state index contributed by atoms with van der Waals surface area (Å²) in [7, 11) is 0. The van der Waals surface area contributed by atoms with Crippen LogP contribution in [0.1, 0.15) is 18.9 Å². The van der Waals surface area contributed by atoms with Crippen molar-refractivity contribution in [2.45, 2.75) is 13.3 Å². The molecule has 0 aliphatic carbocycles. The van der Waals surface area contributed by atoms with E-state index in [-0.39, 0.29) is 31.4 Å². The molecule has 5 N–H and O–H groups in total. The Balaban J connectivity index is 2.10. The van der Waals surface area contributed by atoms with Crippen molar-refractivity contribution in [3.8, 4) is 0 Å². The van der Waals surface area contributed by atoms with Crippen LogP contribution in [0.15, 0.2) is 66.2 Å². The van der Waals surface area contributed by atoms with Crippen molar-refractivity contribution in [1.29, 1.82) is 5.41 Å². The van der Waals surface area contributed by atoms with Crippen LogP contribution in [0.4, 0.5) is 16.2 Å². The van der Waals surface area contributed by atoms with E-state index in [0.29, 0.717) is 35.5 Å². The SMILES string of the molecule is C/C(=C\C(=O)N(CCOC(=O)NCCCO)c1ccccc1)C(=N)c1ccccc1N. The summed E-state index contributed by atoms with van der Waals surface area (Å²) < 4.78 is 5.12. The number of carbonyl (C=O) groups is 2. The zero-order valence-electron chi connectivity index (χ0n) is 17.5. The number of alkyl carbamates (subject to hydrolysis) is 1. The van der Waals surface area contributed by atoms with Gasteiger partial charge in [0.25, 0.3) is 5.91 Å². The van der Waals surface area contributed by atoms with Gasteiger partial charge >= 0.3 is 6.09 Å². The van der Waals surface area contributed by atoms with E-state index in [1.165, 1.54) is 11.0 Å². The summed E-state index contributed by atoms with van der Waals surface area (Å²) in [5, 5.41) is 19.6. The Kier molecular flexibility index (Phi) is 9.25. The summed E-state index contributed by atoms with van der Waals surface area (Å²) in [6, 6.07) is 16.0. The minimum atomic E-state index is -0.609. The van der Waals surface area contributed by atoms with Crippen LogP contribution in [0, 0.1) is 5.41 Å². The molecule has 31 heavy (non-hydrogen) atoms. The molecule has 0 radical (unpaired) electrons. The van der Waals surface area contributed by atoms with E-state index in [0.717, 1.165) is 0 Å². The molecule has 2 amide bonds. The molecular weight excluding hydrogens is 396 g/mol. The molecule has 0 aliphatic rings. The van der Waals surface area contributed by atoms with Crippen LogP contribution in [0.5, 0.6) is 0 Å². The molecule has 2 aromatic rings. The van der Waals surface area contributed by atoms with Crippen LogP contribution < -0.4 is 16.0 Å². The lowest BCUT2D eigenvalue weighted by Gasteiger charge is -2.22. The van der Waals surface area contributed by atoms with Gasteiger partial charge in [0, 0.05) is 36.2 Å². The molecule has 0 atom stereocenters. The number of anilines is 2. The van der Waals surface area contributed by atoms with Crippen molar-refractivity contribution >= 4 is 29.1 Å². The number of hydrogen-bond donors (Lipinski definition) is 4. The fourth-order valence-corrected chi connectivity index (χ4v) is 2.80. The first-order chi connectivity index (χ1) is 14.9. The number of nitrogens with one attached hydrogen (secondary N) is 2. The lowest BCUT2D eigenvalue weighted by atomic mass is 10.0. The van der Waals surface area contributed by atoms with Crippen LogP contribution in [0.2, 0.25) is 0 Å². The molecule has 0 saturated heterocycles. The standard InChI is InChI=1S/C23H28N4O4/c1-17(22(25)19-10-5-6-11-20(19)24)16-21(29)27(18-8-3-2-4-9-18)13-15-31-23(30)26-12-7-14-28/h2-6,8-11,16,25,28H,7,12-15,24H2,1H3,(H,26,30)/b17-16+,25-22?. The van der Waals surface area contributed by atoms with E-state index in [4.69, 9.17) is 21.0 Å². The number of nitrogen functional groups attached to an aromatic ring is 1. The van der Waals surface area contributed by atoms with Crippen molar-refractivity contribution in [3.05, 3.63) is 71.8 Å². The minimum absolute atomic E-state index is 0.0123. The van der Waals surface area contributed by atoms with E-state index >= 15 is 0 Å². The predicted molar refractivity (Wildman–Crippen MR) is 121 cm³/mol. The number of amides is 2. The lowest BCUT2D eigenvalue weighted by molar-refractivity contribution is -0.114. The largest absolute Gasteiger partial charge is 0.448 e. The lowest BCUT2D eigenvalue weighted by Crippen LogP contribution is -2.35. The van der Waals surface area contributed by atoms with E-state index < -0.39 is 6.09 Å². The normalized spacial score (nSPS) is 11.0. The summed E-state index contributed by atoms with van der Waals surface area (Å²) in [6.07, 6.45) is 1.20. The van der Waals surface area contributed by atoms with Gasteiger partial charge in [-0.3, -0.25) is 10.2 Å². The highest BCUT2D eigenvalue weighted by atomic mass is 16.5. The molecule has 2 rings (SSSR count). The topological polar surface area (TPSA) is 129 Å². The average Bonchev–Trinajstić information content (AvgIpc) is 2.77. The number of rotatable bonds is 10. The third kappa shape index (κ3) is 7.27. The first kappa shape index (κ1) is 23.6. The first-order valence-corrected chi connectivity index (χ1v) is 9.94. The van der Waals surface area contributed by atoms with Crippen molar-refractivity contribution in [2.24, 2.45) is 0 Å². The maximum Gasteiger partial charge on any atom is 0.407 e. The third-order valence-corrected chi connectivity index (χ3v) is 4.45. The minimum Gasteiger partial charge on any atom is -0.448 e. The van der Waals surface area contributed by atoms with E-state index in [1.54, 1.807) is 55.5 Å². The van der Waals surface area contributed by atoms with Crippen molar-refractivity contribution < 1.29 is 19.4 Å². The molecular formula is C23H28N4O4. The quantitative estimate of drug-likeness (QED) is 0.202. The summed E-state index contributed by atoms with van der Waals surface area (Å²) in [4.78, 5) is 26.2. The molecule has 0 saturated carbocycles. The number of allylic oxidation sites excluding steroid dienone is 1. The molecule has 0 aromatic heterocycles. The summed E-state index contributed by atoms with van der Waals surface area (Å²) in [6.45, 7) is 2.10. The summed E-state index contributed by atoms with van der Waals surface area (Å²) in [5.74, 6) is -0.341. The van der Waals surface area contributed by atoms with Gasteiger partial charge in [0.2, 0.25) is 0 Å². The maximum absolute atomic E-state index is 13.0. The third-order valence-electron chi connectivity index (χ3n) is 4.45. The Labute approximate surface area is 181 Å². The molecule has 0 fully saturated rings. The zero-order valence-corrected chi connectivity index (χ0v) is 17.5. The Morgan fingerprint density at radius 1 is 1.16 bits per heavy atom. The van der Waals surface area contributed by atoms with Gasteiger partial charge in [0.1, 0.15) is 6.61 Å². The van der Waals surface area contributed by atoms with Crippen LogP contribution >= 0.6 is 0 Å². The number of aliphatic hydroxyl groups excluding tert-OH is 1. The molecule has 2 aromatic carbocycles. The molecule has 8 heteroatoms. The Morgan fingerprint density at radius 2 is 1.84 bits per heavy atom. The molecule has 0 aliphatic heterocycles. The van der Waals surface area contributed by atoms with Crippen LogP contribution in [0.3, 0.4) is 0 Å². The monoisotopic (exact) mass is 424 g/mol. The van der Waals surface area contributed by atoms with E-state index in [2.05, 4.69) is 5.32 Å². The fourth-order valence-electron chi connectivity index (χ4n) is 2.80. The zero-order chi connectivity index (χ0) is 22.6. The predicted octanol–water partition coefficient (Wildman–Crippen LogP) is 2.72. The molecule has 8 nitrogen and oxygen atoms in total. The maximum atomic E-state index is 13.0. The molecule has 0 bridgehead atoms. The van der Waals surface area contributed by atoms with Gasteiger partial charge in [0.05, 0.1) is 12.3 Å². The van der Waals surface area contributed by atoms with Gasteiger partial charge < -0.3 is 25.8 Å². The van der Waals surface area contributed by atoms with Gasteiger partial charge in [-0.2, -0.15) is 0 Å². The van der Waals surface area contributed by atoms with Crippen molar-refractivity contribution in [3.63, 3.8) is 0 Å². The van der Waals surface area contributed by atoms with Crippen LogP contribution in [-0.2, 0) is 9.53 Å². The Morgan fingerprint density at radius 3 is 2.52 bits per heavy atom. The molecule has 164 valence electrons. The van der Waals surface area contributed by atoms with Crippen molar-refractivity contribution in [1.82, 2.24) is 5.32 Å². The van der Waals surface area contributed by atoms with Crippen LogP contribution in [0.25, 0.3) is 0 Å². The van der Waals surface area contributed by atoms with Gasteiger partial charge in [-0.1, -0.05) is 36.4 Å². The van der Waals surface area contributed by atoms with Gasteiger partial charge in [-0.15, -0.1) is 0 Å². The Hall–Kier alpha value is -3.65. The van der Waals surface area contributed by atoms with Gasteiger partial charge in [0.15, 0.2) is 0 Å². The molecule has 0 unspecified atom stereocenters. The number of ether oxygens (including phenoxy) is 1. The molecule has 0 spiro atoms. The van der Waals surface area contributed by atoms with Gasteiger partial charge in [-0.25, -0.2) is 4.79 Å². The van der Waals surface area contributed by atoms with E-state index in [9.17, 15) is 9.59 Å². The number of nitrogens with two attached hydrogens (primary N) is 1.